The van der Waals surface area contributed by atoms with Gasteiger partial charge in [-0.2, -0.15) is 8.78 Å². The van der Waals surface area contributed by atoms with Gasteiger partial charge >= 0.3 is 6.43 Å². The van der Waals surface area contributed by atoms with E-state index in [0.29, 0.717) is 5.69 Å². The predicted molar refractivity (Wildman–Crippen MR) is 44.6 cm³/mol. The van der Waals surface area contributed by atoms with Gasteiger partial charge in [-0.05, 0) is 0 Å². The van der Waals surface area contributed by atoms with Gasteiger partial charge in [0.1, 0.15) is 0 Å². The third kappa shape index (κ3) is 2.73. The Kier molecular flexibility index (Phi) is 3.30. The van der Waals surface area contributed by atoms with Crippen LogP contribution in [0.3, 0.4) is 0 Å². The quantitative estimate of drug-likeness (QED) is 0.748. The van der Waals surface area contributed by atoms with Crippen LogP contribution in [0.2, 0.25) is 0 Å². The molecule has 0 radical (unpaired) electrons. The maximum atomic E-state index is 11.9. The van der Waals surface area contributed by atoms with E-state index in [-0.39, 0.29) is 6.54 Å². The first-order chi connectivity index (χ1) is 6.11. The van der Waals surface area contributed by atoms with Crippen LogP contribution in [-0.2, 0) is 11.3 Å². The van der Waals surface area contributed by atoms with Crippen molar-refractivity contribution in [1.82, 2.24) is 9.88 Å². The normalized spacial score (nSPS) is 10.5. The summed E-state index contributed by atoms with van der Waals surface area (Å²) in [7, 11) is 1.33. The predicted octanol–water partition coefficient (Wildman–Crippen LogP) is 1.37. The lowest BCUT2D eigenvalue weighted by Crippen LogP contribution is -2.31. The molecule has 3 nitrogen and oxygen atoms in total. The van der Waals surface area contributed by atoms with Crippen molar-refractivity contribution in [2.24, 2.45) is 0 Å². The van der Waals surface area contributed by atoms with Crippen LogP contribution in [0.5, 0.6) is 0 Å². The summed E-state index contributed by atoms with van der Waals surface area (Å²) in [5.41, 5.74) is 2.22. The molecular formula is C7H8F2N2OS. The molecule has 1 rings (SSSR count). The Hall–Kier alpha value is -1.04. The number of halogens is 2. The fourth-order valence-electron chi connectivity index (χ4n) is 0.803. The number of hydrogen-bond acceptors (Lipinski definition) is 3. The van der Waals surface area contributed by atoms with E-state index in [4.69, 9.17) is 0 Å². The zero-order chi connectivity index (χ0) is 9.84. The van der Waals surface area contributed by atoms with E-state index in [2.05, 4.69) is 4.98 Å². The van der Waals surface area contributed by atoms with Crippen LogP contribution in [0, 0.1) is 0 Å². The van der Waals surface area contributed by atoms with Crippen molar-refractivity contribution >= 4 is 17.2 Å². The molecule has 0 fully saturated rings. The summed E-state index contributed by atoms with van der Waals surface area (Å²) in [5, 5.41) is 1.72. The van der Waals surface area contributed by atoms with Crippen LogP contribution in [0.25, 0.3) is 0 Å². The number of alkyl halides is 2. The standard InChI is InChI=1S/C7H8F2N2OS/c1-11(7(12)6(8)9)2-5-3-13-4-10-5/h3-4,6H,2H2,1H3. The van der Waals surface area contributed by atoms with Crippen molar-refractivity contribution in [2.45, 2.75) is 13.0 Å². The summed E-state index contributed by atoms with van der Waals surface area (Å²) in [6, 6.07) is 0. The molecule has 0 unspecified atom stereocenters. The zero-order valence-corrected chi connectivity index (χ0v) is 7.72. The summed E-state index contributed by atoms with van der Waals surface area (Å²) in [5.74, 6) is -1.17. The molecule has 1 aromatic heterocycles. The van der Waals surface area contributed by atoms with Gasteiger partial charge < -0.3 is 4.90 Å². The lowest BCUT2D eigenvalue weighted by molar-refractivity contribution is -0.142. The first-order valence-electron chi connectivity index (χ1n) is 3.51. The number of rotatable bonds is 3. The number of nitrogens with zero attached hydrogens (tertiary/aromatic N) is 2. The highest BCUT2D eigenvalue weighted by Crippen LogP contribution is 2.06. The van der Waals surface area contributed by atoms with Crippen LogP contribution < -0.4 is 0 Å². The van der Waals surface area contributed by atoms with Crippen molar-refractivity contribution in [3.63, 3.8) is 0 Å². The van der Waals surface area contributed by atoms with E-state index in [1.807, 2.05) is 0 Å². The number of thiazole rings is 1. The third-order valence-electron chi connectivity index (χ3n) is 1.45. The van der Waals surface area contributed by atoms with Gasteiger partial charge in [-0.15, -0.1) is 11.3 Å². The van der Waals surface area contributed by atoms with Crippen LogP contribution in [-0.4, -0.2) is 29.3 Å². The van der Waals surface area contributed by atoms with Gasteiger partial charge in [0.2, 0.25) is 0 Å². The molecule has 0 aliphatic heterocycles. The number of carbonyl (C=O) groups is 1. The Morgan fingerprint density at radius 2 is 2.46 bits per heavy atom. The average Bonchev–Trinajstić information content (AvgIpc) is 2.55. The largest absolute Gasteiger partial charge is 0.335 e. The lowest BCUT2D eigenvalue weighted by Gasteiger charge is -2.14. The minimum Gasteiger partial charge on any atom is -0.335 e. The molecule has 13 heavy (non-hydrogen) atoms. The Labute approximate surface area is 78.0 Å². The molecular weight excluding hydrogens is 198 g/mol. The molecule has 0 spiro atoms. The summed E-state index contributed by atoms with van der Waals surface area (Å²) >= 11 is 1.37. The average molecular weight is 206 g/mol. The van der Waals surface area contributed by atoms with Crippen molar-refractivity contribution < 1.29 is 13.6 Å². The fraction of sp³-hybridized carbons (Fsp3) is 0.429. The second-order valence-corrected chi connectivity index (χ2v) is 3.19. The van der Waals surface area contributed by atoms with Crippen LogP contribution in [0.1, 0.15) is 5.69 Å². The lowest BCUT2D eigenvalue weighted by atomic mass is 10.4. The van der Waals surface area contributed by atoms with E-state index in [1.165, 1.54) is 18.4 Å². The maximum absolute atomic E-state index is 11.9. The van der Waals surface area contributed by atoms with Gasteiger partial charge in [-0.1, -0.05) is 0 Å². The molecule has 1 heterocycles. The number of amides is 1. The van der Waals surface area contributed by atoms with Crippen LogP contribution >= 0.6 is 11.3 Å². The highest BCUT2D eigenvalue weighted by Gasteiger charge is 2.20. The van der Waals surface area contributed by atoms with E-state index in [1.54, 1.807) is 10.9 Å². The summed E-state index contributed by atoms with van der Waals surface area (Å²) in [4.78, 5) is 15.6. The van der Waals surface area contributed by atoms with Crippen LogP contribution in [0.15, 0.2) is 10.9 Å². The molecule has 0 aliphatic rings. The third-order valence-corrected chi connectivity index (χ3v) is 2.08. The van der Waals surface area contributed by atoms with Gasteiger partial charge in [-0.25, -0.2) is 4.98 Å². The maximum Gasteiger partial charge on any atom is 0.315 e. The number of hydrogen-bond donors (Lipinski definition) is 0. The molecule has 0 N–H and O–H groups in total. The smallest absolute Gasteiger partial charge is 0.315 e. The van der Waals surface area contributed by atoms with Gasteiger partial charge in [0.05, 0.1) is 17.7 Å². The monoisotopic (exact) mass is 206 g/mol. The molecule has 0 saturated heterocycles. The summed E-state index contributed by atoms with van der Waals surface area (Å²) < 4.78 is 23.8. The molecule has 1 aromatic rings. The molecule has 0 atom stereocenters. The Bertz CT molecular complexity index is 276. The Morgan fingerprint density at radius 1 is 1.77 bits per heavy atom. The molecule has 72 valence electrons. The number of aromatic nitrogens is 1. The molecule has 0 aromatic carbocycles. The number of carbonyl (C=O) groups excluding carboxylic acids is 1. The topological polar surface area (TPSA) is 33.2 Å². The first kappa shape index (κ1) is 10.0. The highest BCUT2D eigenvalue weighted by molar-refractivity contribution is 7.07. The minimum atomic E-state index is -2.94. The second kappa shape index (κ2) is 4.27. The SMILES string of the molecule is CN(Cc1cscn1)C(=O)C(F)F. The summed E-state index contributed by atoms with van der Waals surface area (Å²) in [6.45, 7) is 0.132. The molecule has 0 saturated carbocycles. The van der Waals surface area contributed by atoms with Gasteiger partial charge in [0.25, 0.3) is 5.91 Å². The van der Waals surface area contributed by atoms with E-state index in [9.17, 15) is 13.6 Å². The highest BCUT2D eigenvalue weighted by atomic mass is 32.1. The Morgan fingerprint density at radius 3 is 2.92 bits per heavy atom. The van der Waals surface area contributed by atoms with Crippen molar-refractivity contribution in [3.8, 4) is 0 Å². The van der Waals surface area contributed by atoms with Crippen molar-refractivity contribution in [2.75, 3.05) is 7.05 Å². The molecule has 1 amide bonds. The summed E-state index contributed by atoms with van der Waals surface area (Å²) in [6.07, 6.45) is -2.94. The van der Waals surface area contributed by atoms with Gasteiger partial charge in [0, 0.05) is 12.4 Å². The van der Waals surface area contributed by atoms with Crippen molar-refractivity contribution in [3.05, 3.63) is 16.6 Å². The fourth-order valence-corrected chi connectivity index (χ4v) is 1.35. The van der Waals surface area contributed by atoms with E-state index in [0.717, 1.165) is 4.90 Å². The first-order valence-corrected chi connectivity index (χ1v) is 4.45. The zero-order valence-electron chi connectivity index (χ0n) is 6.91. The van der Waals surface area contributed by atoms with Gasteiger partial charge in [-0.3, -0.25) is 4.79 Å². The van der Waals surface area contributed by atoms with Crippen LogP contribution in [0.4, 0.5) is 8.78 Å². The molecule has 0 bridgehead atoms. The van der Waals surface area contributed by atoms with E-state index >= 15 is 0 Å². The van der Waals surface area contributed by atoms with E-state index < -0.39 is 12.3 Å². The van der Waals surface area contributed by atoms with Gasteiger partial charge in [0.15, 0.2) is 0 Å². The molecule has 6 heteroatoms. The molecule has 0 aliphatic carbocycles. The Balaban J connectivity index is 2.51. The second-order valence-electron chi connectivity index (χ2n) is 2.47. The van der Waals surface area contributed by atoms with Crippen molar-refractivity contribution in [1.29, 1.82) is 0 Å². The minimum absolute atomic E-state index is 0.132.